The summed E-state index contributed by atoms with van der Waals surface area (Å²) in [5.74, 6) is 0. The quantitative estimate of drug-likeness (QED) is 0.578. The van der Waals surface area contributed by atoms with E-state index >= 15 is 0 Å². The summed E-state index contributed by atoms with van der Waals surface area (Å²) in [7, 11) is 1.79. The number of aryl methyl sites for hydroxylation is 1. The number of halogens is 2. The molecule has 0 heterocycles. The van der Waals surface area contributed by atoms with E-state index in [-0.39, 0.29) is 11.0 Å². The van der Waals surface area contributed by atoms with Crippen molar-refractivity contribution in [2.24, 2.45) is 0 Å². The minimum atomic E-state index is -0.0692. The molecule has 0 unspecified atom stereocenters. The van der Waals surface area contributed by atoms with Gasteiger partial charge < -0.3 is 4.74 Å². The topological polar surface area (TPSA) is 9.23 Å². The highest BCUT2D eigenvalue weighted by Gasteiger charge is 2.32. The number of rotatable bonds is 7. The molecule has 1 rings (SSSR count). The summed E-state index contributed by atoms with van der Waals surface area (Å²) in [5, 5.41) is 1.90. The summed E-state index contributed by atoms with van der Waals surface area (Å²) in [4.78, 5) is 0. The van der Waals surface area contributed by atoms with Gasteiger partial charge in [0.15, 0.2) is 0 Å². The van der Waals surface area contributed by atoms with Crippen LogP contribution in [0.5, 0.6) is 0 Å². The van der Waals surface area contributed by atoms with E-state index < -0.39 is 0 Å². The first-order valence-electron chi connectivity index (χ1n) is 6.63. The second-order valence-corrected chi connectivity index (χ2v) is 7.00. The van der Waals surface area contributed by atoms with E-state index in [1.807, 2.05) is 0 Å². The lowest BCUT2D eigenvalue weighted by Gasteiger charge is -2.34. The lowest BCUT2D eigenvalue weighted by Crippen LogP contribution is -2.34. The first-order chi connectivity index (χ1) is 8.89. The van der Waals surface area contributed by atoms with Gasteiger partial charge in [-0.15, -0.1) is 0 Å². The zero-order valence-corrected chi connectivity index (χ0v) is 15.5. The largest absolute Gasteiger partial charge is 0.379 e. The fourth-order valence-corrected chi connectivity index (χ4v) is 4.15. The smallest absolute Gasteiger partial charge is 0.0623 e. The molecule has 0 aliphatic carbocycles. The molecule has 0 radical (unpaired) electrons. The molecule has 0 bridgehead atoms. The normalized spacial score (nSPS) is 12.7. The number of hydrogen-bond donors (Lipinski definition) is 0. The highest BCUT2D eigenvalue weighted by atomic mass is 79.9. The van der Waals surface area contributed by atoms with Crippen LogP contribution in [0.3, 0.4) is 0 Å². The molecule has 0 atom stereocenters. The predicted molar refractivity (Wildman–Crippen MR) is 90.8 cm³/mol. The molecule has 0 N–H and O–H groups in total. The monoisotopic (exact) mass is 390 g/mol. The average molecular weight is 392 g/mol. The first kappa shape index (κ1) is 17.2. The first-order valence-corrected chi connectivity index (χ1v) is 8.88. The van der Waals surface area contributed by atoms with E-state index in [0.29, 0.717) is 0 Å². The summed E-state index contributed by atoms with van der Waals surface area (Å²) in [5.41, 5.74) is 2.75. The van der Waals surface area contributed by atoms with Gasteiger partial charge in [-0.3, -0.25) is 0 Å². The van der Waals surface area contributed by atoms with Gasteiger partial charge in [-0.1, -0.05) is 61.7 Å². The van der Waals surface area contributed by atoms with Crippen LogP contribution < -0.4 is 0 Å². The van der Waals surface area contributed by atoms with E-state index in [4.69, 9.17) is 4.74 Å². The summed E-state index contributed by atoms with van der Waals surface area (Å²) < 4.78 is 5.55. The van der Waals surface area contributed by atoms with Crippen LogP contribution in [0.2, 0.25) is 0 Å². The van der Waals surface area contributed by atoms with Crippen LogP contribution in [0.25, 0.3) is 0 Å². The third kappa shape index (κ3) is 4.57. The zero-order chi connectivity index (χ0) is 14.5. The Morgan fingerprint density at radius 2 is 1.53 bits per heavy atom. The van der Waals surface area contributed by atoms with Crippen molar-refractivity contribution in [2.75, 3.05) is 17.8 Å². The molecule has 19 heavy (non-hydrogen) atoms. The second kappa shape index (κ2) is 7.24. The summed E-state index contributed by atoms with van der Waals surface area (Å²) >= 11 is 7.41. The Labute approximate surface area is 134 Å². The van der Waals surface area contributed by atoms with Crippen LogP contribution in [0, 0.1) is 6.92 Å². The van der Waals surface area contributed by atoms with Crippen LogP contribution in [0.15, 0.2) is 24.3 Å². The van der Waals surface area contributed by atoms with Crippen molar-refractivity contribution in [3.8, 4) is 0 Å². The van der Waals surface area contributed by atoms with Crippen molar-refractivity contribution in [1.82, 2.24) is 0 Å². The molecule has 1 nitrogen and oxygen atoms in total. The fourth-order valence-electron chi connectivity index (χ4n) is 2.02. The van der Waals surface area contributed by atoms with Gasteiger partial charge >= 0.3 is 0 Å². The maximum atomic E-state index is 5.55. The minimum Gasteiger partial charge on any atom is -0.379 e. The minimum absolute atomic E-state index is 0.0692. The van der Waals surface area contributed by atoms with Crippen molar-refractivity contribution in [2.45, 2.75) is 44.6 Å². The lowest BCUT2D eigenvalue weighted by atomic mass is 9.78. The molecule has 0 aliphatic heterocycles. The van der Waals surface area contributed by atoms with E-state index in [0.717, 1.165) is 23.5 Å². The van der Waals surface area contributed by atoms with E-state index in [2.05, 4.69) is 76.9 Å². The number of methoxy groups -OCH3 is 1. The Morgan fingerprint density at radius 3 is 1.95 bits per heavy atom. The molecule has 0 spiro atoms. The molecule has 0 fully saturated rings. The van der Waals surface area contributed by atoms with Crippen molar-refractivity contribution < 1.29 is 4.74 Å². The van der Waals surface area contributed by atoms with Crippen LogP contribution >= 0.6 is 31.9 Å². The second-order valence-electron chi connectivity index (χ2n) is 5.88. The van der Waals surface area contributed by atoms with Gasteiger partial charge in [0.25, 0.3) is 0 Å². The highest BCUT2D eigenvalue weighted by molar-refractivity contribution is 9.09. The average Bonchev–Trinajstić information content (AvgIpc) is 2.42. The number of ether oxygens (including phenoxy) is 1. The number of benzene rings is 1. The fraction of sp³-hybridized carbons (Fsp3) is 0.625. The Hall–Kier alpha value is 0.140. The van der Waals surface area contributed by atoms with Crippen molar-refractivity contribution >= 4 is 31.9 Å². The molecule has 0 aliphatic rings. The molecule has 0 aromatic heterocycles. The van der Waals surface area contributed by atoms with Gasteiger partial charge in [0, 0.05) is 23.2 Å². The van der Waals surface area contributed by atoms with Gasteiger partial charge in [-0.05, 0) is 39.2 Å². The van der Waals surface area contributed by atoms with Gasteiger partial charge in [0.05, 0.1) is 5.60 Å². The molecular weight excluding hydrogens is 368 g/mol. The number of alkyl halides is 2. The Bertz CT molecular complexity index is 380. The van der Waals surface area contributed by atoms with Gasteiger partial charge in [-0.25, -0.2) is 0 Å². The van der Waals surface area contributed by atoms with Gasteiger partial charge in [0.2, 0.25) is 0 Å². The van der Waals surface area contributed by atoms with E-state index in [1.165, 1.54) is 11.1 Å². The SMILES string of the molecule is COC(C)(C)CCC(CBr)(CBr)c1ccc(C)cc1. The number of hydrogen-bond acceptors (Lipinski definition) is 1. The molecule has 108 valence electrons. The highest BCUT2D eigenvalue weighted by Crippen LogP contribution is 2.36. The third-order valence-corrected chi connectivity index (χ3v) is 6.08. The maximum Gasteiger partial charge on any atom is 0.0623 e. The molecule has 0 saturated carbocycles. The molecule has 0 saturated heterocycles. The standard InChI is InChI=1S/C16H24Br2O/c1-13-5-7-14(8-6-13)16(11-17,12-18)10-9-15(2,3)19-4/h5-8H,9-12H2,1-4H3. The molecule has 3 heteroatoms. The van der Waals surface area contributed by atoms with Crippen LogP contribution in [0.1, 0.15) is 37.8 Å². The Morgan fingerprint density at radius 1 is 1.00 bits per heavy atom. The zero-order valence-electron chi connectivity index (χ0n) is 12.3. The Kier molecular flexibility index (Phi) is 6.55. The molecule has 0 amide bonds. The summed E-state index contributed by atoms with van der Waals surface area (Å²) in [6.07, 6.45) is 2.13. The lowest BCUT2D eigenvalue weighted by molar-refractivity contribution is 0.0102. The third-order valence-electron chi connectivity index (χ3n) is 3.93. The summed E-state index contributed by atoms with van der Waals surface area (Å²) in [6.45, 7) is 6.42. The molecular formula is C16H24Br2O. The van der Waals surface area contributed by atoms with Crippen LogP contribution in [-0.2, 0) is 10.2 Å². The maximum absolute atomic E-state index is 5.55. The summed E-state index contributed by atoms with van der Waals surface area (Å²) in [6, 6.07) is 8.88. The van der Waals surface area contributed by atoms with Crippen molar-refractivity contribution in [3.05, 3.63) is 35.4 Å². The predicted octanol–water partition coefficient (Wildman–Crippen LogP) is 5.23. The van der Waals surface area contributed by atoms with E-state index in [9.17, 15) is 0 Å². The van der Waals surface area contributed by atoms with Gasteiger partial charge in [0.1, 0.15) is 0 Å². The van der Waals surface area contributed by atoms with Crippen LogP contribution in [-0.4, -0.2) is 23.4 Å². The molecule has 1 aromatic carbocycles. The Balaban J connectivity index is 2.94. The van der Waals surface area contributed by atoms with E-state index in [1.54, 1.807) is 7.11 Å². The molecule has 1 aromatic rings. The van der Waals surface area contributed by atoms with Crippen molar-refractivity contribution in [1.29, 1.82) is 0 Å². The van der Waals surface area contributed by atoms with Gasteiger partial charge in [-0.2, -0.15) is 0 Å². The van der Waals surface area contributed by atoms with Crippen molar-refractivity contribution in [3.63, 3.8) is 0 Å². The van der Waals surface area contributed by atoms with Crippen LogP contribution in [0.4, 0.5) is 0 Å².